The van der Waals surface area contributed by atoms with Crippen molar-refractivity contribution in [1.29, 1.82) is 0 Å². The van der Waals surface area contributed by atoms with Crippen molar-refractivity contribution in [1.82, 2.24) is 15.3 Å². The molecule has 1 aliphatic heterocycles. The summed E-state index contributed by atoms with van der Waals surface area (Å²) in [6, 6.07) is 1.25. The molecule has 110 valence electrons. The number of aromatic nitrogens is 2. The lowest BCUT2D eigenvalue weighted by Crippen LogP contribution is -2.39. The lowest BCUT2D eigenvalue weighted by Gasteiger charge is -2.28. The number of hydrogen-bond donors (Lipinski definition) is 1. The minimum absolute atomic E-state index is 0.598. The van der Waals surface area contributed by atoms with Crippen molar-refractivity contribution in [3.8, 4) is 5.88 Å². The maximum Gasteiger partial charge on any atom is 0.221 e. The van der Waals surface area contributed by atoms with E-state index in [1.807, 2.05) is 6.92 Å². The Bertz CT molecular complexity index is 455. The Morgan fingerprint density at radius 3 is 2.85 bits per heavy atom. The Balaban J connectivity index is 1.81. The van der Waals surface area contributed by atoms with Crippen LogP contribution in [0.25, 0.3) is 0 Å². The smallest absolute Gasteiger partial charge is 0.221 e. The summed E-state index contributed by atoms with van der Waals surface area (Å²) >= 11 is 0. The normalized spacial score (nSPS) is 22.0. The average molecular weight is 276 g/mol. The van der Waals surface area contributed by atoms with Crippen LogP contribution in [0.5, 0.6) is 5.88 Å². The number of rotatable bonds is 6. The predicted molar refractivity (Wildman–Crippen MR) is 79.3 cm³/mol. The van der Waals surface area contributed by atoms with Crippen LogP contribution in [-0.2, 0) is 0 Å². The van der Waals surface area contributed by atoms with Gasteiger partial charge in [-0.2, -0.15) is 0 Å². The molecule has 0 spiro atoms. The Kier molecular flexibility index (Phi) is 4.05. The van der Waals surface area contributed by atoms with Gasteiger partial charge in [-0.3, -0.25) is 0 Å². The van der Waals surface area contributed by atoms with E-state index >= 15 is 0 Å². The minimum atomic E-state index is 0.598. The van der Waals surface area contributed by atoms with E-state index in [4.69, 9.17) is 4.74 Å². The highest BCUT2D eigenvalue weighted by Crippen LogP contribution is 2.34. The van der Waals surface area contributed by atoms with Gasteiger partial charge in [0.25, 0.3) is 0 Å². The van der Waals surface area contributed by atoms with Crippen LogP contribution in [0, 0.1) is 6.92 Å². The number of nitrogens with zero attached hydrogens (tertiary/aromatic N) is 3. The molecule has 0 radical (unpaired) electrons. The van der Waals surface area contributed by atoms with Crippen LogP contribution in [0.1, 0.15) is 38.2 Å². The van der Waals surface area contributed by atoms with Gasteiger partial charge in [-0.1, -0.05) is 0 Å². The third-order valence-corrected chi connectivity index (χ3v) is 4.13. The molecule has 1 saturated carbocycles. The highest BCUT2D eigenvalue weighted by atomic mass is 16.5. The number of nitrogens with one attached hydrogen (secondary N) is 1. The molecule has 2 fully saturated rings. The highest BCUT2D eigenvalue weighted by Gasteiger charge is 2.33. The van der Waals surface area contributed by atoms with E-state index in [1.54, 1.807) is 6.33 Å². The highest BCUT2D eigenvalue weighted by molar-refractivity contribution is 5.52. The molecule has 1 aromatic rings. The Morgan fingerprint density at radius 1 is 1.35 bits per heavy atom. The monoisotopic (exact) mass is 276 g/mol. The van der Waals surface area contributed by atoms with Crippen molar-refractivity contribution in [2.75, 3.05) is 24.6 Å². The first-order valence-corrected chi connectivity index (χ1v) is 7.74. The maximum absolute atomic E-state index is 5.60. The molecular formula is C15H24N4O. The van der Waals surface area contributed by atoms with Gasteiger partial charge in [0.1, 0.15) is 12.1 Å². The fourth-order valence-electron chi connectivity index (χ4n) is 2.94. The van der Waals surface area contributed by atoms with E-state index in [9.17, 15) is 0 Å². The van der Waals surface area contributed by atoms with Crippen LogP contribution >= 0.6 is 0 Å². The van der Waals surface area contributed by atoms with Gasteiger partial charge in [0.2, 0.25) is 5.88 Å². The Hall–Kier alpha value is -1.36. The van der Waals surface area contributed by atoms with Crippen molar-refractivity contribution >= 4 is 5.82 Å². The summed E-state index contributed by atoms with van der Waals surface area (Å²) in [5.41, 5.74) is 1.07. The van der Waals surface area contributed by atoms with Crippen LogP contribution in [0.2, 0.25) is 0 Å². The van der Waals surface area contributed by atoms with Crippen molar-refractivity contribution in [2.45, 2.75) is 51.6 Å². The van der Waals surface area contributed by atoms with Gasteiger partial charge in [-0.25, -0.2) is 9.97 Å². The van der Waals surface area contributed by atoms with Gasteiger partial charge in [0.15, 0.2) is 0 Å². The summed E-state index contributed by atoms with van der Waals surface area (Å²) in [6.45, 7) is 6.90. The van der Waals surface area contributed by atoms with E-state index in [-0.39, 0.29) is 0 Å². The molecule has 0 amide bonds. The van der Waals surface area contributed by atoms with E-state index in [0.29, 0.717) is 18.7 Å². The lowest BCUT2D eigenvalue weighted by atomic mass is 10.2. The molecule has 5 heteroatoms. The fraction of sp³-hybridized carbons (Fsp3) is 0.733. The zero-order valence-electron chi connectivity index (χ0n) is 12.4. The zero-order valence-corrected chi connectivity index (χ0v) is 12.4. The molecule has 20 heavy (non-hydrogen) atoms. The maximum atomic E-state index is 5.60. The van der Waals surface area contributed by atoms with Crippen molar-refractivity contribution in [2.24, 2.45) is 0 Å². The second-order valence-electron chi connectivity index (χ2n) is 5.74. The summed E-state index contributed by atoms with van der Waals surface area (Å²) in [6.07, 6.45) is 6.74. The largest absolute Gasteiger partial charge is 0.478 e. The van der Waals surface area contributed by atoms with E-state index in [2.05, 4.69) is 27.1 Å². The molecule has 2 heterocycles. The molecule has 1 N–H and O–H groups in total. The topological polar surface area (TPSA) is 50.3 Å². The van der Waals surface area contributed by atoms with Gasteiger partial charge in [-0.15, -0.1) is 0 Å². The number of anilines is 1. The average Bonchev–Trinajstić information content (AvgIpc) is 3.16. The predicted octanol–water partition coefficient (Wildman–Crippen LogP) is 1.90. The van der Waals surface area contributed by atoms with Gasteiger partial charge < -0.3 is 15.0 Å². The summed E-state index contributed by atoms with van der Waals surface area (Å²) < 4.78 is 5.60. The molecule has 0 aromatic carbocycles. The van der Waals surface area contributed by atoms with Crippen LogP contribution < -0.4 is 15.0 Å². The molecule has 1 aliphatic carbocycles. The fourth-order valence-corrected chi connectivity index (χ4v) is 2.94. The summed E-state index contributed by atoms with van der Waals surface area (Å²) in [7, 11) is 0. The van der Waals surface area contributed by atoms with Crippen LogP contribution in [-0.4, -0.2) is 41.7 Å². The van der Waals surface area contributed by atoms with Crippen LogP contribution in [0.15, 0.2) is 6.33 Å². The van der Waals surface area contributed by atoms with Gasteiger partial charge >= 0.3 is 0 Å². The quantitative estimate of drug-likeness (QED) is 0.860. The summed E-state index contributed by atoms with van der Waals surface area (Å²) in [5, 5.41) is 3.58. The summed E-state index contributed by atoms with van der Waals surface area (Å²) in [5.74, 6) is 1.78. The van der Waals surface area contributed by atoms with E-state index in [0.717, 1.165) is 30.4 Å². The molecule has 1 atom stereocenters. The molecule has 5 nitrogen and oxygen atoms in total. The van der Waals surface area contributed by atoms with Crippen molar-refractivity contribution < 1.29 is 4.74 Å². The number of hydrogen-bond acceptors (Lipinski definition) is 5. The second-order valence-corrected chi connectivity index (χ2v) is 5.74. The molecular weight excluding hydrogens is 252 g/mol. The van der Waals surface area contributed by atoms with Crippen LogP contribution in [0.3, 0.4) is 0 Å². The summed E-state index contributed by atoms with van der Waals surface area (Å²) in [4.78, 5) is 11.2. The lowest BCUT2D eigenvalue weighted by molar-refractivity contribution is 0.323. The van der Waals surface area contributed by atoms with E-state index < -0.39 is 0 Å². The molecule has 2 aliphatic rings. The minimum Gasteiger partial charge on any atom is -0.478 e. The third-order valence-electron chi connectivity index (χ3n) is 4.13. The first-order valence-electron chi connectivity index (χ1n) is 7.74. The zero-order chi connectivity index (χ0) is 13.9. The van der Waals surface area contributed by atoms with E-state index in [1.165, 1.54) is 25.7 Å². The SMILES string of the molecule is CCOc1ncnc(N(CC2CCCN2)C2CC2)c1C. The van der Waals surface area contributed by atoms with Crippen LogP contribution in [0.4, 0.5) is 5.82 Å². The standard InChI is InChI=1S/C15H24N4O/c1-3-20-15-11(2)14(17-10-18-15)19(13-6-7-13)9-12-5-4-8-16-12/h10,12-13,16H,3-9H2,1-2H3. The first kappa shape index (κ1) is 13.6. The first-order chi connectivity index (χ1) is 9.79. The number of ether oxygens (including phenoxy) is 1. The molecule has 0 bridgehead atoms. The Morgan fingerprint density at radius 2 is 2.20 bits per heavy atom. The van der Waals surface area contributed by atoms with Crippen molar-refractivity contribution in [3.63, 3.8) is 0 Å². The molecule has 3 rings (SSSR count). The second kappa shape index (κ2) is 5.95. The van der Waals surface area contributed by atoms with Crippen molar-refractivity contribution in [3.05, 3.63) is 11.9 Å². The molecule has 1 unspecified atom stereocenters. The molecule has 1 saturated heterocycles. The van der Waals surface area contributed by atoms with Gasteiger partial charge in [0, 0.05) is 18.6 Å². The third kappa shape index (κ3) is 2.87. The Labute approximate surface area is 120 Å². The van der Waals surface area contributed by atoms with Gasteiger partial charge in [-0.05, 0) is 46.1 Å². The van der Waals surface area contributed by atoms with Gasteiger partial charge in [0.05, 0.1) is 12.2 Å². The molecule has 1 aromatic heterocycles.